The second-order valence-corrected chi connectivity index (χ2v) is 8.54. The molecule has 2 N–H and O–H groups in total. The van der Waals surface area contributed by atoms with Crippen LogP contribution in [-0.2, 0) is 9.59 Å². The lowest BCUT2D eigenvalue weighted by molar-refractivity contribution is -0.135. The molecule has 1 aliphatic heterocycles. The number of carbonyl (C=O) groups is 3. The molecule has 1 aliphatic carbocycles. The van der Waals surface area contributed by atoms with Gasteiger partial charge in [-0.05, 0) is 43.7 Å². The molecule has 1 saturated heterocycles. The van der Waals surface area contributed by atoms with E-state index in [-0.39, 0.29) is 18.3 Å². The molecule has 2 fully saturated rings. The zero-order valence-corrected chi connectivity index (χ0v) is 16.7. The van der Waals surface area contributed by atoms with E-state index in [0.29, 0.717) is 35.1 Å². The van der Waals surface area contributed by atoms with Crippen molar-refractivity contribution in [3.63, 3.8) is 0 Å². The molecule has 29 heavy (non-hydrogen) atoms. The van der Waals surface area contributed by atoms with Gasteiger partial charge in [0, 0.05) is 10.9 Å². The number of nitrogens with zero attached hydrogens (tertiary/aromatic N) is 2. The molecule has 1 saturated carbocycles. The fourth-order valence-electron chi connectivity index (χ4n) is 3.83. The number of amides is 4. The number of halogens is 1. The summed E-state index contributed by atoms with van der Waals surface area (Å²) in [4.78, 5) is 42.8. The fourth-order valence-corrected chi connectivity index (χ4v) is 4.56. The average Bonchev–Trinajstić information content (AvgIpc) is 3.23. The predicted octanol–water partition coefficient (Wildman–Crippen LogP) is 3.39. The molecule has 0 unspecified atom stereocenters. The smallest absolute Gasteiger partial charge is 0.323 e. The molecule has 2 heterocycles. The highest BCUT2D eigenvalue weighted by Crippen LogP contribution is 2.36. The third kappa shape index (κ3) is 3.87. The van der Waals surface area contributed by atoms with Crippen molar-refractivity contribution in [2.45, 2.75) is 38.1 Å². The summed E-state index contributed by atoms with van der Waals surface area (Å²) in [7, 11) is 0. The molecular weight excluding hydrogens is 395 g/mol. The van der Waals surface area contributed by atoms with E-state index in [4.69, 9.17) is 0 Å². The molecule has 0 atom stereocenters. The van der Waals surface area contributed by atoms with Crippen LogP contribution in [0, 0.1) is 11.7 Å². The van der Waals surface area contributed by atoms with E-state index in [2.05, 4.69) is 22.5 Å². The van der Waals surface area contributed by atoms with Crippen LogP contribution in [0.1, 0.15) is 32.6 Å². The Kier molecular flexibility index (Phi) is 5.08. The summed E-state index contributed by atoms with van der Waals surface area (Å²) in [6.07, 6.45) is 2.93. The maximum Gasteiger partial charge on any atom is 0.325 e. The van der Waals surface area contributed by atoms with Gasteiger partial charge in [-0.2, -0.15) is 0 Å². The van der Waals surface area contributed by atoms with Crippen LogP contribution in [-0.4, -0.2) is 39.8 Å². The van der Waals surface area contributed by atoms with Gasteiger partial charge in [0.15, 0.2) is 5.13 Å². The lowest BCUT2D eigenvalue weighted by atomic mass is 9.77. The average molecular weight is 416 g/mol. The Hall–Kier alpha value is -2.81. The van der Waals surface area contributed by atoms with Gasteiger partial charge in [0.05, 0.1) is 5.69 Å². The highest BCUT2D eigenvalue weighted by Gasteiger charge is 2.52. The first-order valence-electron chi connectivity index (χ1n) is 9.52. The molecular formula is C20H21FN4O3S. The van der Waals surface area contributed by atoms with E-state index in [9.17, 15) is 18.8 Å². The first kappa shape index (κ1) is 19.5. The number of aromatic nitrogens is 1. The van der Waals surface area contributed by atoms with Gasteiger partial charge in [0.25, 0.3) is 5.91 Å². The van der Waals surface area contributed by atoms with Crippen LogP contribution in [0.5, 0.6) is 0 Å². The lowest BCUT2D eigenvalue weighted by Crippen LogP contribution is -2.49. The third-order valence-corrected chi connectivity index (χ3v) is 6.30. The van der Waals surface area contributed by atoms with Gasteiger partial charge >= 0.3 is 6.03 Å². The molecule has 4 amide bonds. The van der Waals surface area contributed by atoms with Crippen LogP contribution in [0.2, 0.25) is 0 Å². The number of rotatable bonds is 4. The SMILES string of the molecule is CC1CCC2(CC1)NC(=O)N(CC(=O)Nc1nc(-c3cccc(F)c3)cs1)C2=O. The monoisotopic (exact) mass is 416 g/mol. The van der Waals surface area contributed by atoms with Crippen LogP contribution in [0.25, 0.3) is 11.3 Å². The molecule has 1 aromatic carbocycles. The maximum absolute atomic E-state index is 13.4. The van der Waals surface area contributed by atoms with Gasteiger partial charge in [-0.1, -0.05) is 19.1 Å². The topological polar surface area (TPSA) is 91.4 Å². The van der Waals surface area contributed by atoms with Crippen molar-refractivity contribution < 1.29 is 18.8 Å². The Bertz CT molecular complexity index is 968. The summed E-state index contributed by atoms with van der Waals surface area (Å²) < 4.78 is 13.4. The normalized spacial score (nSPS) is 24.1. The number of anilines is 1. The number of urea groups is 1. The Balaban J connectivity index is 1.40. The first-order valence-corrected chi connectivity index (χ1v) is 10.4. The number of carbonyl (C=O) groups excluding carboxylic acids is 3. The van der Waals surface area contributed by atoms with Crippen LogP contribution in [0.4, 0.5) is 14.3 Å². The summed E-state index contributed by atoms with van der Waals surface area (Å²) >= 11 is 1.19. The van der Waals surface area contributed by atoms with Crippen molar-refractivity contribution in [3.05, 3.63) is 35.5 Å². The molecule has 1 aromatic heterocycles. The van der Waals surface area contributed by atoms with Gasteiger partial charge in [-0.25, -0.2) is 14.2 Å². The van der Waals surface area contributed by atoms with E-state index >= 15 is 0 Å². The maximum atomic E-state index is 13.4. The Morgan fingerprint density at radius 1 is 1.38 bits per heavy atom. The van der Waals surface area contributed by atoms with Gasteiger partial charge in [0.2, 0.25) is 5.91 Å². The molecule has 2 aromatic rings. The van der Waals surface area contributed by atoms with E-state index < -0.39 is 17.5 Å². The van der Waals surface area contributed by atoms with E-state index in [1.165, 1.54) is 23.5 Å². The van der Waals surface area contributed by atoms with Crippen LogP contribution < -0.4 is 10.6 Å². The zero-order valence-electron chi connectivity index (χ0n) is 15.9. The van der Waals surface area contributed by atoms with Crippen molar-refractivity contribution in [2.75, 3.05) is 11.9 Å². The minimum absolute atomic E-state index is 0.322. The molecule has 152 valence electrons. The van der Waals surface area contributed by atoms with Gasteiger partial charge in [-0.3, -0.25) is 14.5 Å². The number of hydrogen-bond donors (Lipinski definition) is 2. The number of nitrogens with one attached hydrogen (secondary N) is 2. The van der Waals surface area contributed by atoms with E-state index in [0.717, 1.165) is 17.7 Å². The van der Waals surface area contributed by atoms with E-state index in [1.54, 1.807) is 17.5 Å². The molecule has 2 aliphatic rings. The van der Waals surface area contributed by atoms with Crippen LogP contribution in [0.15, 0.2) is 29.6 Å². The fraction of sp³-hybridized carbons (Fsp3) is 0.400. The second kappa shape index (κ2) is 7.55. The molecule has 0 bridgehead atoms. The van der Waals surface area contributed by atoms with Gasteiger partial charge in [-0.15, -0.1) is 11.3 Å². The molecule has 0 radical (unpaired) electrons. The lowest BCUT2D eigenvalue weighted by Gasteiger charge is -2.33. The van der Waals surface area contributed by atoms with Crippen molar-refractivity contribution in [1.29, 1.82) is 0 Å². The summed E-state index contributed by atoms with van der Waals surface area (Å²) in [5.74, 6) is -0.676. The summed E-state index contributed by atoms with van der Waals surface area (Å²) in [6, 6.07) is 5.48. The highest BCUT2D eigenvalue weighted by molar-refractivity contribution is 7.14. The number of imide groups is 1. The van der Waals surface area contributed by atoms with Crippen molar-refractivity contribution in [2.24, 2.45) is 5.92 Å². The minimum atomic E-state index is -0.865. The standard InChI is InChI=1S/C20H21FN4O3S/c1-12-5-7-20(8-6-12)17(27)25(19(28)24-20)10-16(26)23-18-22-15(11-29-18)13-3-2-4-14(21)9-13/h2-4,9,11-12H,5-8,10H2,1H3,(H,24,28)(H,22,23,26). The van der Waals surface area contributed by atoms with Gasteiger partial charge in [0.1, 0.15) is 17.9 Å². The van der Waals surface area contributed by atoms with E-state index in [1.807, 2.05) is 0 Å². The summed E-state index contributed by atoms with van der Waals surface area (Å²) in [6.45, 7) is 1.77. The van der Waals surface area contributed by atoms with Crippen molar-refractivity contribution in [1.82, 2.24) is 15.2 Å². The van der Waals surface area contributed by atoms with Crippen LogP contribution in [0.3, 0.4) is 0 Å². The largest absolute Gasteiger partial charge is 0.325 e. The zero-order chi connectivity index (χ0) is 20.6. The summed E-state index contributed by atoms with van der Waals surface area (Å²) in [5.41, 5.74) is 0.273. The second-order valence-electron chi connectivity index (χ2n) is 7.68. The summed E-state index contributed by atoms with van der Waals surface area (Å²) in [5, 5.41) is 7.44. The van der Waals surface area contributed by atoms with Crippen LogP contribution >= 0.6 is 11.3 Å². The molecule has 4 rings (SSSR count). The third-order valence-electron chi connectivity index (χ3n) is 5.55. The Morgan fingerprint density at radius 2 is 2.14 bits per heavy atom. The van der Waals surface area contributed by atoms with Gasteiger partial charge < -0.3 is 10.6 Å². The van der Waals surface area contributed by atoms with Crippen molar-refractivity contribution >= 4 is 34.3 Å². The quantitative estimate of drug-likeness (QED) is 0.748. The highest BCUT2D eigenvalue weighted by atomic mass is 32.1. The first-order chi connectivity index (χ1) is 13.9. The van der Waals surface area contributed by atoms with Crippen molar-refractivity contribution in [3.8, 4) is 11.3 Å². The number of benzene rings is 1. The Morgan fingerprint density at radius 3 is 2.86 bits per heavy atom. The molecule has 7 nitrogen and oxygen atoms in total. The predicted molar refractivity (Wildman–Crippen MR) is 107 cm³/mol. The Labute approximate surface area is 171 Å². The minimum Gasteiger partial charge on any atom is -0.323 e. The number of thiazole rings is 1. The molecule has 1 spiro atoms. The molecule has 9 heteroatoms. The number of hydrogen-bond acceptors (Lipinski definition) is 5.